The van der Waals surface area contributed by atoms with E-state index in [2.05, 4.69) is 37.3 Å². The number of ether oxygens (including phenoxy) is 1. The Labute approximate surface area is 131 Å². The maximum absolute atomic E-state index is 12.9. The Morgan fingerprint density at radius 2 is 2.00 bits per heavy atom. The van der Waals surface area contributed by atoms with E-state index in [1.807, 2.05) is 7.11 Å². The van der Waals surface area contributed by atoms with Gasteiger partial charge in [-0.05, 0) is 42.0 Å². The van der Waals surface area contributed by atoms with Gasteiger partial charge < -0.3 is 4.74 Å². The molecule has 0 bridgehead atoms. The van der Waals surface area contributed by atoms with Crippen LogP contribution in [0.5, 0.6) is 0 Å². The van der Waals surface area contributed by atoms with Gasteiger partial charge in [0.15, 0.2) is 5.78 Å². The van der Waals surface area contributed by atoms with Crippen molar-refractivity contribution < 1.29 is 9.53 Å². The molecule has 114 valence electrons. The monoisotopic (exact) mass is 294 g/mol. The normalized spacial score (nSPS) is 27.5. The first-order valence-electron chi connectivity index (χ1n) is 8.28. The molecule has 0 aromatic heterocycles. The van der Waals surface area contributed by atoms with Gasteiger partial charge in [-0.3, -0.25) is 4.79 Å². The van der Waals surface area contributed by atoms with Crippen molar-refractivity contribution in [2.75, 3.05) is 7.11 Å². The van der Waals surface area contributed by atoms with Crippen LogP contribution in [0.2, 0.25) is 0 Å². The molecule has 2 aliphatic rings. The number of carbonyl (C=O) groups excluding carboxylic acids is 1. The molecular weight excluding hydrogens is 272 g/mol. The van der Waals surface area contributed by atoms with Gasteiger partial charge in [0.25, 0.3) is 0 Å². The van der Waals surface area contributed by atoms with Crippen LogP contribution in [-0.4, -0.2) is 12.9 Å². The van der Waals surface area contributed by atoms with Crippen molar-refractivity contribution in [2.24, 2.45) is 5.92 Å². The van der Waals surface area contributed by atoms with E-state index in [4.69, 9.17) is 4.74 Å². The lowest BCUT2D eigenvalue weighted by atomic mass is 9.63. The second kappa shape index (κ2) is 4.92. The van der Waals surface area contributed by atoms with Crippen LogP contribution in [0.3, 0.4) is 0 Å². The maximum Gasteiger partial charge on any atom is 0.164 e. The lowest BCUT2D eigenvalue weighted by molar-refractivity contribution is -0.0928. The highest BCUT2D eigenvalue weighted by Crippen LogP contribution is 2.51. The largest absolute Gasteiger partial charge is 0.373 e. The minimum absolute atomic E-state index is 0.251. The van der Waals surface area contributed by atoms with Gasteiger partial charge in [0.1, 0.15) is 0 Å². The minimum atomic E-state index is -0.251. The number of methoxy groups -OCH3 is 1. The van der Waals surface area contributed by atoms with Gasteiger partial charge >= 0.3 is 0 Å². The Morgan fingerprint density at radius 3 is 2.82 bits per heavy atom. The zero-order chi connectivity index (χ0) is 15.3. The third kappa shape index (κ3) is 1.80. The first-order chi connectivity index (χ1) is 10.7. The molecule has 1 saturated carbocycles. The van der Waals surface area contributed by atoms with Crippen LogP contribution < -0.4 is 0 Å². The fourth-order valence-electron chi connectivity index (χ4n) is 4.63. The average molecular weight is 294 g/mol. The molecule has 0 aliphatic heterocycles. The van der Waals surface area contributed by atoms with Crippen LogP contribution in [-0.2, 0) is 10.3 Å². The van der Waals surface area contributed by atoms with Crippen molar-refractivity contribution >= 4 is 16.6 Å². The van der Waals surface area contributed by atoms with Crippen LogP contribution in [0.15, 0.2) is 30.3 Å². The van der Waals surface area contributed by atoms with E-state index in [9.17, 15) is 4.79 Å². The fourth-order valence-corrected chi connectivity index (χ4v) is 4.63. The zero-order valence-electron chi connectivity index (χ0n) is 13.3. The Bertz CT molecular complexity index is 762. The molecule has 4 rings (SSSR count). The number of hydrogen-bond acceptors (Lipinski definition) is 2. The van der Waals surface area contributed by atoms with Crippen LogP contribution in [0.1, 0.15) is 53.6 Å². The van der Waals surface area contributed by atoms with E-state index < -0.39 is 0 Å². The standard InChI is InChI=1S/C20H22O2/c1-13-6-7-14-8-9-17-19(16(14)11-13)18(21)12-15-5-3-4-10-20(15,17)22-2/h6-9,11,15H,3-5,10,12H2,1-2H3/t15-,20+/m0/s1. The van der Waals surface area contributed by atoms with E-state index in [0.29, 0.717) is 18.1 Å². The number of aryl methyl sites for hydroxylation is 1. The van der Waals surface area contributed by atoms with Gasteiger partial charge in [0.2, 0.25) is 0 Å². The zero-order valence-corrected chi connectivity index (χ0v) is 13.3. The van der Waals surface area contributed by atoms with Gasteiger partial charge in [-0.2, -0.15) is 0 Å². The smallest absolute Gasteiger partial charge is 0.164 e. The third-order valence-corrected chi connectivity index (χ3v) is 5.72. The number of ketones is 1. The number of Topliss-reactive ketones (excluding diaryl/α,β-unsaturated/α-hetero) is 1. The third-order valence-electron chi connectivity index (χ3n) is 5.72. The lowest BCUT2D eigenvalue weighted by Gasteiger charge is -2.47. The molecule has 2 aliphatic carbocycles. The highest BCUT2D eigenvalue weighted by Gasteiger charge is 2.48. The van der Waals surface area contributed by atoms with Crippen molar-refractivity contribution in [1.82, 2.24) is 0 Å². The van der Waals surface area contributed by atoms with E-state index in [0.717, 1.165) is 34.7 Å². The molecule has 2 heteroatoms. The summed E-state index contributed by atoms with van der Waals surface area (Å²) >= 11 is 0. The molecule has 0 heterocycles. The molecule has 2 nitrogen and oxygen atoms in total. The Morgan fingerprint density at radius 1 is 1.18 bits per heavy atom. The summed E-state index contributed by atoms with van der Waals surface area (Å²) < 4.78 is 6.08. The summed E-state index contributed by atoms with van der Waals surface area (Å²) in [6, 6.07) is 10.7. The molecule has 1 fully saturated rings. The molecule has 0 N–H and O–H groups in total. The molecule has 0 saturated heterocycles. The molecule has 0 unspecified atom stereocenters. The molecule has 0 radical (unpaired) electrons. The van der Waals surface area contributed by atoms with E-state index in [1.54, 1.807) is 0 Å². The van der Waals surface area contributed by atoms with Crippen molar-refractivity contribution in [3.8, 4) is 0 Å². The fraction of sp³-hybridized carbons (Fsp3) is 0.450. The van der Waals surface area contributed by atoms with Crippen molar-refractivity contribution in [2.45, 2.75) is 44.6 Å². The number of hydrogen-bond donors (Lipinski definition) is 0. The topological polar surface area (TPSA) is 26.3 Å². The minimum Gasteiger partial charge on any atom is -0.373 e. The molecule has 2 aromatic rings. The summed E-state index contributed by atoms with van der Waals surface area (Å²) in [7, 11) is 1.82. The molecule has 0 spiro atoms. The summed E-state index contributed by atoms with van der Waals surface area (Å²) in [5.74, 6) is 0.638. The second-order valence-corrected chi connectivity index (χ2v) is 6.88. The second-order valence-electron chi connectivity index (χ2n) is 6.88. The number of fused-ring (bicyclic) bond motifs is 5. The Kier molecular flexibility index (Phi) is 3.12. The van der Waals surface area contributed by atoms with E-state index in [-0.39, 0.29) is 5.60 Å². The van der Waals surface area contributed by atoms with Gasteiger partial charge in [-0.1, -0.05) is 48.7 Å². The Hall–Kier alpha value is -1.67. The van der Waals surface area contributed by atoms with Gasteiger partial charge in [0.05, 0.1) is 5.60 Å². The summed E-state index contributed by atoms with van der Waals surface area (Å²) in [6.07, 6.45) is 5.17. The summed E-state index contributed by atoms with van der Waals surface area (Å²) in [6.45, 7) is 2.08. The van der Waals surface area contributed by atoms with E-state index >= 15 is 0 Å². The van der Waals surface area contributed by atoms with Crippen molar-refractivity contribution in [3.63, 3.8) is 0 Å². The predicted octanol–water partition coefficient (Wildman–Crippen LogP) is 4.77. The predicted molar refractivity (Wildman–Crippen MR) is 88.3 cm³/mol. The summed E-state index contributed by atoms with van der Waals surface area (Å²) in [5, 5.41) is 2.25. The summed E-state index contributed by atoms with van der Waals surface area (Å²) in [5.41, 5.74) is 3.00. The van der Waals surface area contributed by atoms with Gasteiger partial charge in [0, 0.05) is 19.1 Å². The molecule has 0 amide bonds. The van der Waals surface area contributed by atoms with Crippen LogP contribution in [0, 0.1) is 12.8 Å². The van der Waals surface area contributed by atoms with Gasteiger partial charge in [-0.25, -0.2) is 0 Å². The summed E-state index contributed by atoms with van der Waals surface area (Å²) in [4.78, 5) is 12.9. The molecule has 22 heavy (non-hydrogen) atoms. The molecular formula is C20H22O2. The van der Waals surface area contributed by atoms with Crippen LogP contribution in [0.25, 0.3) is 10.8 Å². The highest BCUT2D eigenvalue weighted by atomic mass is 16.5. The Balaban J connectivity index is 2.04. The first-order valence-corrected chi connectivity index (χ1v) is 8.28. The molecule has 2 atom stereocenters. The van der Waals surface area contributed by atoms with Crippen molar-refractivity contribution in [1.29, 1.82) is 0 Å². The number of carbonyl (C=O) groups is 1. The van der Waals surface area contributed by atoms with Crippen LogP contribution in [0.4, 0.5) is 0 Å². The average Bonchev–Trinajstić information content (AvgIpc) is 2.54. The van der Waals surface area contributed by atoms with Crippen LogP contribution >= 0.6 is 0 Å². The van der Waals surface area contributed by atoms with Crippen molar-refractivity contribution in [3.05, 3.63) is 47.0 Å². The first kappa shape index (κ1) is 14.0. The van der Waals surface area contributed by atoms with E-state index in [1.165, 1.54) is 18.4 Å². The SMILES string of the molecule is CO[C@]12CCCC[C@H]1CC(=O)c1c2ccc2ccc(C)cc12. The van der Waals surface area contributed by atoms with Gasteiger partial charge in [-0.15, -0.1) is 0 Å². The molecule has 2 aromatic carbocycles. The number of rotatable bonds is 1. The maximum atomic E-state index is 12.9. The lowest BCUT2D eigenvalue weighted by Crippen LogP contribution is -2.45. The quantitative estimate of drug-likeness (QED) is 0.757. The highest BCUT2D eigenvalue weighted by molar-refractivity contribution is 6.10. The number of benzene rings is 2.